The number of halogens is 1. The summed E-state index contributed by atoms with van der Waals surface area (Å²) in [4.78, 5) is 16.7. The lowest BCUT2D eigenvalue weighted by molar-refractivity contribution is -0.139. The number of hydrogen-bond acceptors (Lipinski definition) is 4. The molecule has 4 rings (SSSR count). The minimum absolute atomic E-state index is 0.0957. The van der Waals surface area contributed by atoms with Gasteiger partial charge in [-0.05, 0) is 67.5 Å². The molecule has 1 amide bonds. The Morgan fingerprint density at radius 2 is 1.79 bits per heavy atom. The molecule has 0 radical (unpaired) electrons. The van der Waals surface area contributed by atoms with Crippen LogP contribution in [-0.2, 0) is 21.2 Å². The predicted molar refractivity (Wildman–Crippen MR) is 111 cm³/mol. The van der Waals surface area contributed by atoms with Gasteiger partial charge in [0.25, 0.3) is 0 Å². The molecule has 1 unspecified atom stereocenters. The molecule has 2 aliphatic heterocycles. The van der Waals surface area contributed by atoms with E-state index in [4.69, 9.17) is 11.6 Å². The summed E-state index contributed by atoms with van der Waals surface area (Å²) in [5, 5.41) is 2.60. The first-order chi connectivity index (χ1) is 13.4. The third-order valence-corrected chi connectivity index (χ3v) is 8.98. The second-order valence-corrected chi connectivity index (χ2v) is 10.8. The van der Waals surface area contributed by atoms with Crippen molar-refractivity contribution < 1.29 is 13.2 Å². The van der Waals surface area contributed by atoms with E-state index in [2.05, 4.69) is 18.4 Å². The Hall–Kier alpha value is -1.41. The molecule has 28 heavy (non-hydrogen) atoms. The number of hydrogen-bond donors (Lipinski definition) is 0. The molecule has 1 saturated heterocycles. The molecular weight excluding hydrogens is 416 g/mol. The van der Waals surface area contributed by atoms with E-state index in [0.29, 0.717) is 31.0 Å². The van der Waals surface area contributed by atoms with Gasteiger partial charge in [-0.3, -0.25) is 4.79 Å². The lowest BCUT2D eigenvalue weighted by Crippen LogP contribution is -2.46. The first-order valence-corrected chi connectivity index (χ1v) is 12.2. The van der Waals surface area contributed by atoms with Crippen LogP contribution in [0.3, 0.4) is 0 Å². The van der Waals surface area contributed by atoms with Crippen molar-refractivity contribution in [2.45, 2.75) is 37.1 Å². The zero-order valence-electron chi connectivity index (χ0n) is 15.7. The minimum atomic E-state index is -3.54. The summed E-state index contributed by atoms with van der Waals surface area (Å²) in [5.74, 6) is 0.0483. The van der Waals surface area contributed by atoms with Crippen LogP contribution < -0.4 is 0 Å². The maximum atomic E-state index is 13.1. The van der Waals surface area contributed by atoms with Gasteiger partial charge in [0, 0.05) is 35.5 Å². The van der Waals surface area contributed by atoms with Crippen LogP contribution in [0.5, 0.6) is 0 Å². The molecule has 0 aliphatic carbocycles. The van der Waals surface area contributed by atoms with Gasteiger partial charge in [0.15, 0.2) is 0 Å². The van der Waals surface area contributed by atoms with Crippen molar-refractivity contribution >= 4 is 38.9 Å². The number of carbonyl (C=O) groups excluding carboxylic acids is 1. The SMILES string of the molecule is CC1c2ccsc2CCN1C(=O)C1CCN(S(=O)(=O)c2ccc(Cl)cc2)CC1. The molecule has 1 aromatic heterocycles. The van der Waals surface area contributed by atoms with Crippen molar-refractivity contribution in [3.63, 3.8) is 0 Å². The van der Waals surface area contributed by atoms with Gasteiger partial charge in [-0.25, -0.2) is 8.42 Å². The van der Waals surface area contributed by atoms with Crippen molar-refractivity contribution in [1.82, 2.24) is 9.21 Å². The quantitative estimate of drug-likeness (QED) is 0.729. The Kier molecular flexibility index (Phi) is 5.53. The maximum Gasteiger partial charge on any atom is 0.243 e. The van der Waals surface area contributed by atoms with Crippen molar-refractivity contribution in [2.24, 2.45) is 5.92 Å². The summed E-state index contributed by atoms with van der Waals surface area (Å²) in [6.07, 6.45) is 2.03. The number of amides is 1. The van der Waals surface area contributed by atoms with Crippen LogP contribution in [0.2, 0.25) is 5.02 Å². The first-order valence-electron chi connectivity index (χ1n) is 9.50. The van der Waals surface area contributed by atoms with Crippen LogP contribution >= 0.6 is 22.9 Å². The Labute approximate surface area is 175 Å². The Morgan fingerprint density at radius 3 is 2.46 bits per heavy atom. The molecule has 0 saturated carbocycles. The van der Waals surface area contributed by atoms with Gasteiger partial charge in [-0.1, -0.05) is 11.6 Å². The molecular formula is C20H23ClN2O3S2. The molecule has 1 aromatic carbocycles. The fourth-order valence-corrected chi connectivity index (χ4v) is 6.70. The Morgan fingerprint density at radius 1 is 1.11 bits per heavy atom. The summed E-state index contributed by atoms with van der Waals surface area (Å²) in [5.41, 5.74) is 1.26. The number of benzene rings is 1. The molecule has 2 aromatic rings. The molecule has 0 bridgehead atoms. The van der Waals surface area contributed by atoms with Gasteiger partial charge in [0.05, 0.1) is 10.9 Å². The smallest absolute Gasteiger partial charge is 0.243 e. The number of sulfonamides is 1. The molecule has 1 atom stereocenters. The van der Waals surface area contributed by atoms with E-state index in [9.17, 15) is 13.2 Å². The fraction of sp³-hybridized carbons (Fsp3) is 0.450. The van der Waals surface area contributed by atoms with Crippen molar-refractivity contribution in [1.29, 1.82) is 0 Å². The monoisotopic (exact) mass is 438 g/mol. The summed E-state index contributed by atoms with van der Waals surface area (Å²) in [6, 6.07) is 8.44. The first kappa shape index (κ1) is 19.9. The van der Waals surface area contributed by atoms with E-state index in [1.54, 1.807) is 23.5 Å². The van der Waals surface area contributed by atoms with Crippen molar-refractivity contribution in [3.05, 3.63) is 51.2 Å². The minimum Gasteiger partial charge on any atom is -0.335 e. The number of fused-ring (bicyclic) bond motifs is 1. The molecule has 3 heterocycles. The van der Waals surface area contributed by atoms with E-state index >= 15 is 0 Å². The molecule has 0 N–H and O–H groups in total. The highest BCUT2D eigenvalue weighted by Gasteiger charge is 2.36. The van der Waals surface area contributed by atoms with Crippen LogP contribution in [-0.4, -0.2) is 43.2 Å². The summed E-state index contributed by atoms with van der Waals surface area (Å²) >= 11 is 7.62. The lowest BCUT2D eigenvalue weighted by atomic mass is 9.93. The molecule has 0 spiro atoms. The van der Waals surface area contributed by atoms with Gasteiger partial charge in [0.1, 0.15) is 0 Å². The zero-order valence-corrected chi connectivity index (χ0v) is 18.1. The van der Waals surface area contributed by atoms with Gasteiger partial charge in [0.2, 0.25) is 15.9 Å². The second-order valence-electron chi connectivity index (χ2n) is 7.39. The lowest BCUT2D eigenvalue weighted by Gasteiger charge is -2.38. The van der Waals surface area contributed by atoms with Crippen molar-refractivity contribution in [2.75, 3.05) is 19.6 Å². The molecule has 8 heteroatoms. The van der Waals surface area contributed by atoms with Crippen LogP contribution in [0.15, 0.2) is 40.6 Å². The highest BCUT2D eigenvalue weighted by atomic mass is 35.5. The second kappa shape index (κ2) is 7.78. The number of carbonyl (C=O) groups is 1. The highest BCUT2D eigenvalue weighted by Crippen LogP contribution is 2.35. The Bertz CT molecular complexity index is 964. The van der Waals surface area contributed by atoms with E-state index in [-0.39, 0.29) is 22.8 Å². The zero-order chi connectivity index (χ0) is 19.9. The topological polar surface area (TPSA) is 57.7 Å². The standard InChI is InChI=1S/C20H23ClN2O3S2/c1-14-18-9-13-27-19(18)8-12-23(14)20(24)15-6-10-22(11-7-15)28(25,26)17-4-2-16(21)3-5-17/h2-5,9,13-15H,6-8,10-12H2,1H3. The maximum absolute atomic E-state index is 13.1. The third kappa shape index (κ3) is 3.61. The molecule has 1 fully saturated rings. The third-order valence-electron chi connectivity index (χ3n) is 5.81. The van der Waals surface area contributed by atoms with Crippen LogP contribution in [0.1, 0.15) is 36.2 Å². The van der Waals surface area contributed by atoms with E-state index in [0.717, 1.165) is 13.0 Å². The van der Waals surface area contributed by atoms with E-state index < -0.39 is 10.0 Å². The van der Waals surface area contributed by atoms with Gasteiger partial charge >= 0.3 is 0 Å². The van der Waals surface area contributed by atoms with Gasteiger partial charge < -0.3 is 4.90 Å². The average molecular weight is 439 g/mol. The largest absolute Gasteiger partial charge is 0.335 e. The number of nitrogens with zero attached hydrogens (tertiary/aromatic N) is 2. The number of thiophene rings is 1. The molecule has 2 aliphatic rings. The highest BCUT2D eigenvalue weighted by molar-refractivity contribution is 7.89. The predicted octanol–water partition coefficient (Wildman–Crippen LogP) is 3.95. The van der Waals surface area contributed by atoms with Gasteiger partial charge in [-0.15, -0.1) is 11.3 Å². The van der Waals surface area contributed by atoms with Crippen LogP contribution in [0.25, 0.3) is 0 Å². The fourth-order valence-electron chi connectivity index (χ4n) is 4.14. The van der Waals surface area contributed by atoms with Crippen molar-refractivity contribution in [3.8, 4) is 0 Å². The summed E-state index contributed by atoms with van der Waals surface area (Å²) in [6.45, 7) is 3.57. The molecule has 150 valence electrons. The van der Waals surface area contributed by atoms with Crippen LogP contribution in [0, 0.1) is 5.92 Å². The van der Waals surface area contributed by atoms with Gasteiger partial charge in [-0.2, -0.15) is 4.31 Å². The Balaban J connectivity index is 1.41. The van der Waals surface area contributed by atoms with E-state index in [1.807, 2.05) is 4.90 Å². The summed E-state index contributed by atoms with van der Waals surface area (Å²) in [7, 11) is -3.54. The summed E-state index contributed by atoms with van der Waals surface area (Å²) < 4.78 is 27.1. The average Bonchev–Trinajstić information content (AvgIpc) is 3.18. The normalized spacial score (nSPS) is 21.5. The number of piperidine rings is 1. The number of rotatable bonds is 3. The molecule has 5 nitrogen and oxygen atoms in total. The van der Waals surface area contributed by atoms with E-state index in [1.165, 1.54) is 26.9 Å². The van der Waals surface area contributed by atoms with Crippen LogP contribution in [0.4, 0.5) is 0 Å².